The van der Waals surface area contributed by atoms with Crippen molar-refractivity contribution >= 4 is 11.9 Å². The van der Waals surface area contributed by atoms with Crippen molar-refractivity contribution in [1.82, 2.24) is 4.90 Å². The second-order valence-electron chi connectivity index (χ2n) is 16.0. The molecule has 0 atom stereocenters. The van der Waals surface area contributed by atoms with E-state index in [0.29, 0.717) is 32.0 Å². The predicted octanol–water partition coefficient (Wildman–Crippen LogP) is 12.1. The Labute approximate surface area is 311 Å². The minimum atomic E-state index is -0.0246. The fourth-order valence-electron chi connectivity index (χ4n) is 7.48. The molecule has 1 saturated carbocycles. The zero-order chi connectivity index (χ0) is 36.4. The molecule has 1 aliphatic carbocycles. The van der Waals surface area contributed by atoms with Gasteiger partial charge in [0.05, 0.1) is 26.2 Å². The third-order valence-corrected chi connectivity index (χ3v) is 11.2. The number of rotatable bonds is 39. The molecule has 1 aliphatic rings. The summed E-state index contributed by atoms with van der Waals surface area (Å²) in [5, 5.41) is 9.58. The van der Waals surface area contributed by atoms with Gasteiger partial charge in [0.2, 0.25) is 0 Å². The molecule has 1 fully saturated rings. The molecule has 0 aromatic carbocycles. The van der Waals surface area contributed by atoms with Gasteiger partial charge in [0.15, 0.2) is 0 Å². The normalized spacial score (nSPS) is 13.7. The molecular formula is C44H85NO5. The van der Waals surface area contributed by atoms with Gasteiger partial charge in [-0.15, -0.1) is 0 Å². The average molecular weight is 708 g/mol. The molecule has 0 saturated heterocycles. The van der Waals surface area contributed by atoms with E-state index < -0.39 is 0 Å². The van der Waals surface area contributed by atoms with Crippen molar-refractivity contribution in [2.45, 2.75) is 220 Å². The summed E-state index contributed by atoms with van der Waals surface area (Å²) in [5.74, 6) is 0.722. The molecule has 6 nitrogen and oxygen atoms in total. The van der Waals surface area contributed by atoms with Crippen molar-refractivity contribution in [3.05, 3.63) is 0 Å². The zero-order valence-electron chi connectivity index (χ0n) is 33.8. The third kappa shape index (κ3) is 28.4. The van der Waals surface area contributed by atoms with Crippen LogP contribution >= 0.6 is 0 Å². The highest BCUT2D eigenvalue weighted by atomic mass is 16.5. The number of aliphatic hydroxyl groups excluding tert-OH is 1. The number of esters is 2. The molecule has 0 amide bonds. The van der Waals surface area contributed by atoms with E-state index in [9.17, 15) is 14.7 Å². The van der Waals surface area contributed by atoms with Crippen LogP contribution in [0.15, 0.2) is 0 Å². The summed E-state index contributed by atoms with van der Waals surface area (Å²) in [5.41, 5.74) is 0.216. The van der Waals surface area contributed by atoms with Gasteiger partial charge in [-0.2, -0.15) is 0 Å². The van der Waals surface area contributed by atoms with Crippen LogP contribution in [0, 0.1) is 11.3 Å². The number of carbonyl (C=O) groups excluding carboxylic acids is 2. The summed E-state index contributed by atoms with van der Waals surface area (Å²) >= 11 is 0. The molecule has 0 aromatic rings. The van der Waals surface area contributed by atoms with Crippen molar-refractivity contribution in [2.75, 3.05) is 39.5 Å². The molecular weight excluding hydrogens is 622 g/mol. The van der Waals surface area contributed by atoms with Crippen LogP contribution in [0.5, 0.6) is 0 Å². The first-order valence-corrected chi connectivity index (χ1v) is 22.1. The van der Waals surface area contributed by atoms with Gasteiger partial charge in [0.25, 0.3) is 0 Å². The Hall–Kier alpha value is -1.14. The van der Waals surface area contributed by atoms with E-state index >= 15 is 0 Å². The minimum Gasteiger partial charge on any atom is -0.466 e. The molecule has 0 spiro atoms. The molecule has 0 aliphatic heterocycles. The fourth-order valence-corrected chi connectivity index (χ4v) is 7.48. The minimum absolute atomic E-state index is 0.0246. The van der Waals surface area contributed by atoms with Gasteiger partial charge < -0.3 is 19.5 Å². The van der Waals surface area contributed by atoms with Crippen molar-refractivity contribution in [3.8, 4) is 0 Å². The molecule has 0 unspecified atom stereocenters. The van der Waals surface area contributed by atoms with Crippen LogP contribution in [0.2, 0.25) is 0 Å². The van der Waals surface area contributed by atoms with E-state index in [1.807, 2.05) is 0 Å². The highest BCUT2D eigenvalue weighted by Crippen LogP contribution is 2.53. The highest BCUT2D eigenvalue weighted by Gasteiger charge is 2.43. The van der Waals surface area contributed by atoms with E-state index in [4.69, 9.17) is 9.47 Å². The fraction of sp³-hybridized carbons (Fsp3) is 0.955. The number of aliphatic hydroxyl groups is 1. The van der Waals surface area contributed by atoms with E-state index in [2.05, 4.69) is 25.7 Å². The molecule has 1 N–H and O–H groups in total. The summed E-state index contributed by atoms with van der Waals surface area (Å²) in [4.78, 5) is 27.1. The smallest absolute Gasteiger partial charge is 0.306 e. The number of ether oxygens (including phenoxy) is 2. The Morgan fingerprint density at radius 2 is 1.06 bits per heavy atom. The first-order valence-electron chi connectivity index (χ1n) is 22.1. The van der Waals surface area contributed by atoms with Gasteiger partial charge in [-0.05, 0) is 75.8 Å². The summed E-state index contributed by atoms with van der Waals surface area (Å²) in [6.07, 6.45) is 36.5. The standard InChI is InChI=1S/C44H85NO5/c1-4-7-10-13-14-16-22-29-42(47)49-38-26-18-15-17-24-34-45(36-37-46)35-25-19-23-31-44(32-33-44)40-43(48)50-39-30-41(27-20-11-8-5-2)28-21-12-9-6-3/h41,46H,4-40H2,1-3H3. The number of carbonyl (C=O) groups is 2. The molecule has 296 valence electrons. The lowest BCUT2D eigenvalue weighted by Crippen LogP contribution is -2.29. The van der Waals surface area contributed by atoms with Crippen molar-refractivity contribution in [2.24, 2.45) is 11.3 Å². The summed E-state index contributed by atoms with van der Waals surface area (Å²) in [6, 6.07) is 0. The number of unbranched alkanes of at least 4 members (excludes halogenated alkanes) is 18. The van der Waals surface area contributed by atoms with Gasteiger partial charge in [0.1, 0.15) is 0 Å². The lowest BCUT2D eigenvalue weighted by atomic mass is 9.92. The number of hydrogen-bond acceptors (Lipinski definition) is 6. The van der Waals surface area contributed by atoms with E-state index in [1.165, 1.54) is 135 Å². The Bertz CT molecular complexity index is 758. The van der Waals surface area contributed by atoms with E-state index in [1.54, 1.807) is 0 Å². The first kappa shape index (κ1) is 46.9. The van der Waals surface area contributed by atoms with E-state index in [-0.39, 0.29) is 24.0 Å². The Morgan fingerprint density at radius 3 is 1.64 bits per heavy atom. The van der Waals surface area contributed by atoms with Crippen LogP contribution in [0.3, 0.4) is 0 Å². The van der Waals surface area contributed by atoms with Crippen LogP contribution in [0.4, 0.5) is 0 Å². The van der Waals surface area contributed by atoms with Gasteiger partial charge in [-0.25, -0.2) is 0 Å². The van der Waals surface area contributed by atoms with Crippen molar-refractivity contribution in [3.63, 3.8) is 0 Å². The molecule has 50 heavy (non-hydrogen) atoms. The van der Waals surface area contributed by atoms with Crippen LogP contribution in [-0.2, 0) is 19.1 Å². The molecule has 1 rings (SSSR count). The maximum atomic E-state index is 12.8. The molecule has 0 radical (unpaired) electrons. The van der Waals surface area contributed by atoms with Crippen molar-refractivity contribution in [1.29, 1.82) is 0 Å². The second-order valence-corrected chi connectivity index (χ2v) is 16.0. The van der Waals surface area contributed by atoms with Crippen molar-refractivity contribution < 1.29 is 24.2 Å². The van der Waals surface area contributed by atoms with Crippen LogP contribution in [0.25, 0.3) is 0 Å². The summed E-state index contributed by atoms with van der Waals surface area (Å²) in [6.45, 7) is 11.0. The Balaban J connectivity index is 2.10. The quantitative estimate of drug-likeness (QED) is 0.0506. The molecule has 0 bridgehead atoms. The lowest BCUT2D eigenvalue weighted by molar-refractivity contribution is -0.146. The van der Waals surface area contributed by atoms with Crippen LogP contribution in [-0.4, -0.2) is 61.4 Å². The molecule has 0 heterocycles. The third-order valence-electron chi connectivity index (χ3n) is 11.2. The first-order chi connectivity index (χ1) is 24.5. The Morgan fingerprint density at radius 1 is 0.560 bits per heavy atom. The Kier molecular flexibility index (Phi) is 31.6. The maximum Gasteiger partial charge on any atom is 0.306 e. The topological polar surface area (TPSA) is 76.1 Å². The summed E-state index contributed by atoms with van der Waals surface area (Å²) < 4.78 is 11.2. The zero-order valence-corrected chi connectivity index (χ0v) is 33.8. The predicted molar refractivity (Wildman–Crippen MR) is 212 cm³/mol. The summed E-state index contributed by atoms with van der Waals surface area (Å²) in [7, 11) is 0. The average Bonchev–Trinajstić information content (AvgIpc) is 3.87. The van der Waals surface area contributed by atoms with Gasteiger partial charge in [-0.1, -0.05) is 156 Å². The van der Waals surface area contributed by atoms with Crippen LogP contribution < -0.4 is 0 Å². The SMILES string of the molecule is CCCCCCCCCC(=O)OCCCCCCCN(CCO)CCCCCC1(CC(=O)OCCC(CCCCCC)CCCCCC)CC1. The van der Waals surface area contributed by atoms with Gasteiger partial charge in [-0.3, -0.25) is 9.59 Å². The largest absolute Gasteiger partial charge is 0.466 e. The molecule has 6 heteroatoms. The number of hydrogen-bond donors (Lipinski definition) is 1. The van der Waals surface area contributed by atoms with Crippen LogP contribution in [0.1, 0.15) is 220 Å². The van der Waals surface area contributed by atoms with E-state index in [0.717, 1.165) is 71.0 Å². The maximum absolute atomic E-state index is 12.8. The second kappa shape index (κ2) is 33.7. The number of nitrogens with zero attached hydrogens (tertiary/aromatic N) is 1. The van der Waals surface area contributed by atoms with Gasteiger partial charge >= 0.3 is 11.9 Å². The monoisotopic (exact) mass is 708 g/mol. The molecule has 0 aromatic heterocycles. The lowest BCUT2D eigenvalue weighted by Gasteiger charge is -2.21. The van der Waals surface area contributed by atoms with Gasteiger partial charge in [0, 0.05) is 13.0 Å². The highest BCUT2D eigenvalue weighted by molar-refractivity contribution is 5.70.